The molecule has 0 fully saturated rings. The first-order valence-corrected chi connectivity index (χ1v) is 13.5. The Labute approximate surface area is 231 Å². The highest BCUT2D eigenvalue weighted by molar-refractivity contribution is 9.10. The van der Waals surface area contributed by atoms with E-state index in [-0.39, 0.29) is 11.5 Å². The lowest BCUT2D eigenvalue weighted by Gasteiger charge is -2.31. The maximum absolute atomic E-state index is 14.0. The standard InChI is InChI=1S/C30H32BrN3O4/c1-6-16-33(29(35)21-14-12-20(7-2)13-15-21)19(3)28-32-24-11-9-8-10-23(24)30(36)34(28)25-17-22(37-4)18-26(38-5)27(25)31/h8-15,17-19H,6-7,16H2,1-5H3. The number of nitrogens with zero attached hydrogens (tertiary/aromatic N) is 3. The first-order chi connectivity index (χ1) is 18.3. The third-order valence-corrected chi connectivity index (χ3v) is 7.46. The van der Waals surface area contributed by atoms with E-state index in [2.05, 4.69) is 22.9 Å². The van der Waals surface area contributed by atoms with Crippen molar-refractivity contribution in [3.63, 3.8) is 0 Å². The SMILES string of the molecule is CCCN(C(=O)c1ccc(CC)cc1)C(C)c1nc2ccccc2c(=O)n1-c1cc(OC)cc(OC)c1Br. The Hall–Kier alpha value is -3.65. The van der Waals surface area contributed by atoms with E-state index >= 15 is 0 Å². The van der Waals surface area contributed by atoms with Gasteiger partial charge >= 0.3 is 0 Å². The number of rotatable bonds is 9. The lowest BCUT2D eigenvalue weighted by Crippen LogP contribution is -2.38. The van der Waals surface area contributed by atoms with E-state index in [9.17, 15) is 9.59 Å². The van der Waals surface area contributed by atoms with Crippen molar-refractivity contribution in [2.45, 2.75) is 39.7 Å². The van der Waals surface area contributed by atoms with Crippen LogP contribution < -0.4 is 15.0 Å². The minimum atomic E-state index is -0.519. The molecule has 3 aromatic carbocycles. The zero-order valence-corrected chi connectivity index (χ0v) is 23.9. The molecule has 8 heteroatoms. The number of aryl methyl sites for hydroxylation is 1. The van der Waals surface area contributed by atoms with Gasteiger partial charge in [0.15, 0.2) is 0 Å². The smallest absolute Gasteiger partial charge is 0.266 e. The van der Waals surface area contributed by atoms with E-state index in [0.717, 1.165) is 12.8 Å². The molecule has 1 atom stereocenters. The van der Waals surface area contributed by atoms with Crippen molar-refractivity contribution in [2.75, 3.05) is 20.8 Å². The summed E-state index contributed by atoms with van der Waals surface area (Å²) in [4.78, 5) is 34.5. The Kier molecular flexibility index (Phi) is 8.52. The van der Waals surface area contributed by atoms with Crippen molar-refractivity contribution < 1.29 is 14.3 Å². The van der Waals surface area contributed by atoms with Crippen LogP contribution >= 0.6 is 15.9 Å². The van der Waals surface area contributed by atoms with Crippen molar-refractivity contribution >= 4 is 32.7 Å². The fourth-order valence-corrected chi connectivity index (χ4v) is 5.12. The molecule has 4 aromatic rings. The average molecular weight is 579 g/mol. The van der Waals surface area contributed by atoms with Gasteiger partial charge in [0.2, 0.25) is 0 Å². The lowest BCUT2D eigenvalue weighted by molar-refractivity contribution is 0.0681. The van der Waals surface area contributed by atoms with Gasteiger partial charge in [0.1, 0.15) is 17.3 Å². The number of hydrogen-bond acceptors (Lipinski definition) is 5. The maximum Gasteiger partial charge on any atom is 0.266 e. The number of ether oxygens (including phenoxy) is 2. The van der Waals surface area contributed by atoms with Crippen LogP contribution in [0.25, 0.3) is 16.6 Å². The number of carbonyl (C=O) groups excluding carboxylic acids is 1. The van der Waals surface area contributed by atoms with E-state index < -0.39 is 6.04 Å². The first kappa shape index (κ1) is 27.4. The van der Waals surface area contributed by atoms with Gasteiger partial charge in [-0.15, -0.1) is 0 Å². The van der Waals surface area contributed by atoms with Crippen molar-refractivity contribution in [2.24, 2.45) is 0 Å². The number of methoxy groups -OCH3 is 2. The molecule has 0 aliphatic rings. The Morgan fingerprint density at radius 2 is 1.76 bits per heavy atom. The molecule has 1 heterocycles. The highest BCUT2D eigenvalue weighted by Gasteiger charge is 2.28. The summed E-state index contributed by atoms with van der Waals surface area (Å²) in [6.45, 7) is 6.52. The first-order valence-electron chi connectivity index (χ1n) is 12.7. The molecule has 4 rings (SSSR count). The molecule has 0 radical (unpaired) electrons. The Balaban J connectivity index is 1.95. The summed E-state index contributed by atoms with van der Waals surface area (Å²) in [5.41, 5.74) is 2.60. The summed E-state index contributed by atoms with van der Waals surface area (Å²) in [7, 11) is 3.11. The third-order valence-electron chi connectivity index (χ3n) is 6.67. The number of para-hydroxylation sites is 1. The van der Waals surface area contributed by atoms with E-state index in [1.165, 1.54) is 5.56 Å². The molecule has 0 bridgehead atoms. The van der Waals surface area contributed by atoms with Crippen molar-refractivity contribution in [3.8, 4) is 17.2 Å². The fraction of sp³-hybridized carbons (Fsp3) is 0.300. The van der Waals surface area contributed by atoms with Crippen LogP contribution in [0.3, 0.4) is 0 Å². The number of carbonyl (C=O) groups is 1. The Morgan fingerprint density at radius 3 is 2.39 bits per heavy atom. The van der Waals surface area contributed by atoms with Crippen LogP contribution in [0.2, 0.25) is 0 Å². The molecule has 0 N–H and O–H groups in total. The molecule has 7 nitrogen and oxygen atoms in total. The fourth-order valence-electron chi connectivity index (χ4n) is 4.55. The predicted octanol–water partition coefficient (Wildman–Crippen LogP) is 6.34. The normalized spacial score (nSPS) is 11.8. The number of benzene rings is 3. The van der Waals surface area contributed by atoms with Crippen LogP contribution in [0.15, 0.2) is 69.9 Å². The van der Waals surface area contributed by atoms with Crippen molar-refractivity contribution in [1.29, 1.82) is 0 Å². The topological polar surface area (TPSA) is 73.7 Å². The summed E-state index contributed by atoms with van der Waals surface area (Å²) in [5, 5.41) is 0.473. The number of amides is 1. The Bertz CT molecular complexity index is 1510. The van der Waals surface area contributed by atoms with Crippen LogP contribution in [0.5, 0.6) is 11.5 Å². The van der Waals surface area contributed by atoms with E-state index in [1.807, 2.05) is 56.3 Å². The molecule has 198 valence electrons. The molecule has 1 unspecified atom stereocenters. The summed E-state index contributed by atoms with van der Waals surface area (Å²) in [5.74, 6) is 1.36. The highest BCUT2D eigenvalue weighted by Crippen LogP contribution is 2.37. The monoisotopic (exact) mass is 577 g/mol. The van der Waals surface area contributed by atoms with Gasteiger partial charge in [0.25, 0.3) is 11.5 Å². The second kappa shape index (κ2) is 11.8. The third kappa shape index (κ3) is 5.18. The van der Waals surface area contributed by atoms with Crippen LogP contribution in [0.1, 0.15) is 55.0 Å². The quantitative estimate of drug-likeness (QED) is 0.232. The number of hydrogen-bond donors (Lipinski definition) is 0. The van der Waals surface area contributed by atoms with Crippen LogP contribution in [0, 0.1) is 0 Å². The molecular weight excluding hydrogens is 546 g/mol. The molecule has 0 saturated heterocycles. The second-order valence-corrected chi connectivity index (χ2v) is 9.81. The van der Waals surface area contributed by atoms with Crippen molar-refractivity contribution in [3.05, 3.63) is 92.4 Å². The van der Waals surface area contributed by atoms with Gasteiger partial charge in [-0.3, -0.25) is 14.2 Å². The van der Waals surface area contributed by atoms with Gasteiger partial charge in [-0.05, 0) is 65.5 Å². The molecule has 1 aromatic heterocycles. The van der Waals surface area contributed by atoms with Gasteiger partial charge in [-0.1, -0.05) is 38.1 Å². The Morgan fingerprint density at radius 1 is 1.05 bits per heavy atom. The molecule has 0 saturated carbocycles. The molecule has 1 amide bonds. The van der Waals surface area contributed by atoms with Gasteiger partial charge in [0, 0.05) is 24.2 Å². The minimum absolute atomic E-state index is 0.113. The molecule has 38 heavy (non-hydrogen) atoms. The van der Waals surface area contributed by atoms with Gasteiger partial charge in [0.05, 0.1) is 41.3 Å². The zero-order chi connectivity index (χ0) is 27.4. The van der Waals surface area contributed by atoms with Gasteiger partial charge < -0.3 is 14.4 Å². The summed E-state index contributed by atoms with van der Waals surface area (Å²) in [6.07, 6.45) is 1.65. The predicted molar refractivity (Wildman–Crippen MR) is 154 cm³/mol. The van der Waals surface area contributed by atoms with E-state index in [4.69, 9.17) is 14.5 Å². The van der Waals surface area contributed by atoms with Crippen LogP contribution in [-0.2, 0) is 6.42 Å². The summed E-state index contributed by atoms with van der Waals surface area (Å²) < 4.78 is 13.2. The van der Waals surface area contributed by atoms with Crippen molar-refractivity contribution in [1.82, 2.24) is 14.5 Å². The highest BCUT2D eigenvalue weighted by atomic mass is 79.9. The molecule has 0 aliphatic carbocycles. The van der Waals surface area contributed by atoms with E-state index in [1.54, 1.807) is 41.9 Å². The lowest BCUT2D eigenvalue weighted by atomic mass is 10.1. The minimum Gasteiger partial charge on any atom is -0.497 e. The van der Waals surface area contributed by atoms with Crippen LogP contribution in [-0.4, -0.2) is 41.1 Å². The van der Waals surface area contributed by atoms with Gasteiger partial charge in [-0.25, -0.2) is 4.98 Å². The van der Waals surface area contributed by atoms with Crippen LogP contribution in [0.4, 0.5) is 0 Å². The summed E-state index contributed by atoms with van der Waals surface area (Å²) >= 11 is 3.62. The second-order valence-electron chi connectivity index (χ2n) is 9.02. The molecule has 0 spiro atoms. The van der Waals surface area contributed by atoms with Gasteiger partial charge in [-0.2, -0.15) is 0 Å². The largest absolute Gasteiger partial charge is 0.497 e. The number of halogens is 1. The molecule has 0 aliphatic heterocycles. The number of aromatic nitrogens is 2. The zero-order valence-electron chi connectivity index (χ0n) is 22.3. The molecular formula is C30H32BrN3O4. The van der Waals surface area contributed by atoms with E-state index in [0.29, 0.717) is 50.5 Å². The average Bonchev–Trinajstić information content (AvgIpc) is 2.95. The number of fused-ring (bicyclic) bond motifs is 1. The maximum atomic E-state index is 14.0. The summed E-state index contributed by atoms with van der Waals surface area (Å²) in [6, 6.07) is 17.9.